The molecule has 2 N–H and O–H groups in total. The van der Waals surface area contributed by atoms with Gasteiger partial charge < -0.3 is 15.2 Å². The summed E-state index contributed by atoms with van der Waals surface area (Å²) in [5.41, 5.74) is -0.0823. The smallest absolute Gasteiger partial charge is 0.219 e. The van der Waals surface area contributed by atoms with Crippen LogP contribution in [0, 0.1) is 5.41 Å². The van der Waals surface area contributed by atoms with E-state index in [-0.39, 0.29) is 23.5 Å². The van der Waals surface area contributed by atoms with Gasteiger partial charge in [-0.15, -0.1) is 0 Å². The molecule has 0 unspecified atom stereocenters. The van der Waals surface area contributed by atoms with Crippen LogP contribution in [0.4, 0.5) is 0 Å². The Labute approximate surface area is 90.0 Å². The van der Waals surface area contributed by atoms with Crippen LogP contribution in [0.25, 0.3) is 0 Å². The van der Waals surface area contributed by atoms with Crippen molar-refractivity contribution in [2.45, 2.75) is 38.2 Å². The maximum absolute atomic E-state index is 11.1. The maximum Gasteiger partial charge on any atom is 0.219 e. The summed E-state index contributed by atoms with van der Waals surface area (Å²) in [7, 11) is 0. The number of aliphatic hydroxyl groups excluding tert-OH is 1. The zero-order valence-electron chi connectivity index (χ0n) is 9.21. The molecule has 86 valence electrons. The van der Waals surface area contributed by atoms with Gasteiger partial charge in [-0.3, -0.25) is 4.79 Å². The van der Waals surface area contributed by atoms with E-state index < -0.39 is 0 Å². The van der Waals surface area contributed by atoms with Gasteiger partial charge in [-0.1, -0.05) is 6.92 Å². The van der Waals surface area contributed by atoms with Gasteiger partial charge in [0.1, 0.15) is 0 Å². The van der Waals surface area contributed by atoms with Gasteiger partial charge in [0.2, 0.25) is 5.91 Å². The van der Waals surface area contributed by atoms with Gasteiger partial charge in [-0.05, 0) is 19.3 Å². The van der Waals surface area contributed by atoms with Gasteiger partial charge >= 0.3 is 0 Å². The Morgan fingerprint density at radius 1 is 1.53 bits per heavy atom. The molecular weight excluding hydrogens is 194 g/mol. The topological polar surface area (TPSA) is 58.6 Å². The third-order valence-electron chi connectivity index (χ3n) is 3.70. The molecular formula is C11H19NO3. The summed E-state index contributed by atoms with van der Waals surface area (Å²) in [5, 5.41) is 12.2. The highest BCUT2D eigenvalue weighted by Crippen LogP contribution is 2.55. The standard InChI is InChI=1S/C11H19NO3/c1-2-9(14)12-7-11-5-10(6-11,8-13)3-4-15-11/h13H,2-8H2,1H3,(H,12,14). The summed E-state index contributed by atoms with van der Waals surface area (Å²) in [5.74, 6) is 0.0695. The van der Waals surface area contributed by atoms with Crippen LogP contribution in [0.15, 0.2) is 0 Å². The predicted molar refractivity (Wildman–Crippen MR) is 55.4 cm³/mol. The Kier molecular flexibility index (Phi) is 2.73. The molecule has 1 saturated carbocycles. The van der Waals surface area contributed by atoms with Gasteiger partial charge in [0, 0.05) is 31.6 Å². The van der Waals surface area contributed by atoms with Gasteiger partial charge in [0.05, 0.1) is 5.60 Å². The van der Waals surface area contributed by atoms with E-state index in [0.717, 1.165) is 19.3 Å². The SMILES string of the molecule is CCC(=O)NCC12CC(CO)(CCO1)C2. The van der Waals surface area contributed by atoms with Crippen molar-refractivity contribution in [1.82, 2.24) is 5.32 Å². The minimum Gasteiger partial charge on any atom is -0.396 e. The molecule has 4 heteroatoms. The number of amides is 1. The van der Waals surface area contributed by atoms with Gasteiger partial charge in [-0.25, -0.2) is 0 Å². The number of hydrogen-bond donors (Lipinski definition) is 2. The van der Waals surface area contributed by atoms with Crippen molar-refractivity contribution in [3.63, 3.8) is 0 Å². The van der Waals surface area contributed by atoms with Crippen molar-refractivity contribution >= 4 is 5.91 Å². The molecule has 0 aromatic carbocycles. The average Bonchev–Trinajstić information content (AvgIpc) is 2.25. The summed E-state index contributed by atoms with van der Waals surface area (Å²) in [6.45, 7) is 3.40. The number of rotatable bonds is 4. The summed E-state index contributed by atoms with van der Waals surface area (Å²) >= 11 is 0. The van der Waals surface area contributed by atoms with Crippen LogP contribution in [0.2, 0.25) is 0 Å². The number of aliphatic hydroxyl groups is 1. The first-order chi connectivity index (χ1) is 7.14. The predicted octanol–water partition coefficient (Wildman–Crippen LogP) is 0.444. The third-order valence-corrected chi connectivity index (χ3v) is 3.70. The largest absolute Gasteiger partial charge is 0.396 e. The van der Waals surface area contributed by atoms with Gasteiger partial charge in [0.15, 0.2) is 0 Å². The van der Waals surface area contributed by atoms with Crippen LogP contribution >= 0.6 is 0 Å². The lowest BCUT2D eigenvalue weighted by atomic mass is 9.56. The molecule has 3 aliphatic rings. The minimum atomic E-state index is -0.175. The van der Waals surface area contributed by atoms with E-state index in [9.17, 15) is 9.90 Å². The van der Waals surface area contributed by atoms with Gasteiger partial charge in [-0.2, -0.15) is 0 Å². The fraction of sp³-hybridized carbons (Fsp3) is 0.909. The van der Waals surface area contributed by atoms with Crippen molar-refractivity contribution in [3.05, 3.63) is 0 Å². The van der Waals surface area contributed by atoms with E-state index in [1.54, 1.807) is 0 Å². The van der Waals surface area contributed by atoms with Crippen LogP contribution in [0.5, 0.6) is 0 Å². The second kappa shape index (κ2) is 3.76. The molecule has 0 aromatic heterocycles. The molecule has 0 radical (unpaired) electrons. The van der Waals surface area contributed by atoms with Crippen molar-refractivity contribution < 1.29 is 14.6 Å². The first-order valence-corrected chi connectivity index (χ1v) is 5.65. The molecule has 2 heterocycles. The lowest BCUT2D eigenvalue weighted by molar-refractivity contribution is -0.232. The second-order valence-electron chi connectivity index (χ2n) is 4.92. The molecule has 2 saturated heterocycles. The summed E-state index contributed by atoms with van der Waals surface area (Å²) in [4.78, 5) is 11.1. The Bertz CT molecular complexity index is 259. The average molecular weight is 213 g/mol. The Balaban J connectivity index is 1.86. The van der Waals surface area contributed by atoms with Crippen LogP contribution < -0.4 is 5.32 Å². The molecule has 1 amide bonds. The third kappa shape index (κ3) is 1.88. The van der Waals surface area contributed by atoms with E-state index in [2.05, 4.69) is 5.32 Å². The number of hydrogen-bond acceptors (Lipinski definition) is 3. The zero-order chi connectivity index (χ0) is 10.9. The van der Waals surface area contributed by atoms with Crippen molar-refractivity contribution in [1.29, 1.82) is 0 Å². The van der Waals surface area contributed by atoms with E-state index in [1.807, 2.05) is 6.92 Å². The molecule has 2 bridgehead atoms. The Morgan fingerprint density at radius 2 is 2.27 bits per heavy atom. The highest BCUT2D eigenvalue weighted by atomic mass is 16.5. The maximum atomic E-state index is 11.1. The molecule has 15 heavy (non-hydrogen) atoms. The first kappa shape index (κ1) is 10.9. The lowest BCUT2D eigenvalue weighted by Gasteiger charge is -2.59. The van der Waals surface area contributed by atoms with Gasteiger partial charge in [0.25, 0.3) is 0 Å². The number of ether oxygens (including phenoxy) is 1. The van der Waals surface area contributed by atoms with Crippen LogP contribution in [-0.4, -0.2) is 36.4 Å². The summed E-state index contributed by atoms with van der Waals surface area (Å²) in [6.07, 6.45) is 3.25. The van der Waals surface area contributed by atoms with Crippen LogP contribution in [0.1, 0.15) is 32.6 Å². The molecule has 0 atom stereocenters. The van der Waals surface area contributed by atoms with Crippen molar-refractivity contribution in [2.24, 2.45) is 5.41 Å². The zero-order valence-corrected chi connectivity index (χ0v) is 9.21. The van der Waals surface area contributed by atoms with E-state index in [0.29, 0.717) is 19.6 Å². The molecule has 0 aromatic rings. The highest BCUT2D eigenvalue weighted by Gasteiger charge is 2.58. The Hall–Kier alpha value is -0.610. The van der Waals surface area contributed by atoms with E-state index >= 15 is 0 Å². The molecule has 3 fully saturated rings. The molecule has 3 rings (SSSR count). The van der Waals surface area contributed by atoms with Crippen LogP contribution in [0.3, 0.4) is 0 Å². The molecule has 1 aliphatic carbocycles. The van der Waals surface area contributed by atoms with E-state index in [4.69, 9.17) is 4.74 Å². The Morgan fingerprint density at radius 3 is 2.87 bits per heavy atom. The monoisotopic (exact) mass is 213 g/mol. The van der Waals surface area contributed by atoms with E-state index in [1.165, 1.54) is 0 Å². The normalized spacial score (nSPS) is 38.3. The molecule has 4 nitrogen and oxygen atoms in total. The first-order valence-electron chi connectivity index (χ1n) is 5.65. The summed E-state index contributed by atoms with van der Waals surface area (Å²) in [6, 6.07) is 0. The lowest BCUT2D eigenvalue weighted by Crippen LogP contribution is -2.64. The number of carbonyl (C=O) groups is 1. The summed E-state index contributed by atoms with van der Waals surface area (Å²) < 4.78 is 5.73. The molecule has 2 aliphatic heterocycles. The second-order valence-corrected chi connectivity index (χ2v) is 4.92. The fourth-order valence-electron chi connectivity index (χ4n) is 2.83. The van der Waals surface area contributed by atoms with Crippen molar-refractivity contribution in [2.75, 3.05) is 19.8 Å². The number of fused-ring (bicyclic) bond motifs is 2. The van der Waals surface area contributed by atoms with Crippen molar-refractivity contribution in [3.8, 4) is 0 Å². The van der Waals surface area contributed by atoms with Crippen LogP contribution in [-0.2, 0) is 9.53 Å². The number of nitrogens with one attached hydrogen (secondary N) is 1. The number of carbonyl (C=O) groups excluding carboxylic acids is 1. The fourth-order valence-corrected chi connectivity index (χ4v) is 2.83. The highest BCUT2D eigenvalue weighted by molar-refractivity contribution is 5.75. The molecule has 0 spiro atoms. The minimum absolute atomic E-state index is 0.0695. The quantitative estimate of drug-likeness (QED) is 0.712.